The van der Waals surface area contributed by atoms with E-state index in [1.165, 1.54) is 22.6 Å². The van der Waals surface area contributed by atoms with Crippen LogP contribution in [-0.4, -0.2) is 82.7 Å². The van der Waals surface area contributed by atoms with Gasteiger partial charge in [0, 0.05) is 51.1 Å². The molecule has 152 valence electrons. The summed E-state index contributed by atoms with van der Waals surface area (Å²) < 4.78 is 0. The van der Waals surface area contributed by atoms with E-state index in [-0.39, 0.29) is 23.1 Å². The number of carbonyl (C=O) groups is 3. The Morgan fingerprint density at radius 1 is 1.07 bits per heavy atom. The molecule has 2 aliphatic heterocycles. The van der Waals surface area contributed by atoms with Gasteiger partial charge >= 0.3 is 0 Å². The molecule has 0 unspecified atom stereocenters. The third-order valence-corrected chi connectivity index (χ3v) is 7.33. The van der Waals surface area contributed by atoms with Crippen molar-refractivity contribution in [1.82, 2.24) is 24.7 Å². The number of amides is 3. The standard InChI is InChI=1S/C20H23N5O3S/c1-23(2)17(27)20(4-5-20)18(28)25-10-19(11-25)6-7-24(9-19)16(26)14-13-3-8-29-15(13)22-12-21-14/h3,8,12H,4-7,9-11H2,1-2H3. The third kappa shape index (κ3) is 2.74. The molecule has 3 aliphatic rings. The number of aromatic nitrogens is 2. The lowest BCUT2D eigenvalue weighted by molar-refractivity contribution is -0.156. The van der Waals surface area contributed by atoms with Gasteiger partial charge in [-0.1, -0.05) is 0 Å². The molecular formula is C20H23N5O3S. The number of thiophene rings is 1. The van der Waals surface area contributed by atoms with Crippen LogP contribution in [0.3, 0.4) is 0 Å². The number of likely N-dealkylation sites (tertiary alicyclic amines) is 2. The Hall–Kier alpha value is -2.55. The second-order valence-electron chi connectivity index (χ2n) is 8.78. The second-order valence-corrected chi connectivity index (χ2v) is 9.68. The Balaban J connectivity index is 1.26. The maximum Gasteiger partial charge on any atom is 0.273 e. The van der Waals surface area contributed by atoms with E-state index in [2.05, 4.69) is 9.97 Å². The van der Waals surface area contributed by atoms with Gasteiger partial charge in [-0.05, 0) is 30.7 Å². The van der Waals surface area contributed by atoms with E-state index >= 15 is 0 Å². The molecule has 8 nitrogen and oxygen atoms in total. The lowest BCUT2D eigenvalue weighted by Crippen LogP contribution is -2.62. The van der Waals surface area contributed by atoms with E-state index in [1.54, 1.807) is 14.1 Å². The fourth-order valence-corrected chi connectivity index (χ4v) is 5.49. The van der Waals surface area contributed by atoms with Crippen molar-refractivity contribution in [2.45, 2.75) is 19.3 Å². The summed E-state index contributed by atoms with van der Waals surface area (Å²) >= 11 is 1.50. The largest absolute Gasteiger partial charge is 0.348 e. The number of rotatable bonds is 3. The molecule has 0 radical (unpaired) electrons. The van der Waals surface area contributed by atoms with Gasteiger partial charge in [0.15, 0.2) is 0 Å². The zero-order valence-corrected chi connectivity index (χ0v) is 17.4. The number of hydrogen-bond acceptors (Lipinski definition) is 6. The monoisotopic (exact) mass is 413 g/mol. The maximum atomic E-state index is 13.0. The third-order valence-electron chi connectivity index (χ3n) is 6.50. The SMILES string of the molecule is CN(C)C(=O)C1(C(=O)N2CC3(CCN(C(=O)c4ncnc5sccc45)C3)C2)CC1. The summed E-state index contributed by atoms with van der Waals surface area (Å²) in [6.07, 6.45) is 3.59. The topological polar surface area (TPSA) is 86.7 Å². The first-order valence-electron chi connectivity index (χ1n) is 9.84. The smallest absolute Gasteiger partial charge is 0.273 e. The Morgan fingerprint density at radius 2 is 1.79 bits per heavy atom. The van der Waals surface area contributed by atoms with Crippen molar-refractivity contribution in [2.75, 3.05) is 40.3 Å². The minimum Gasteiger partial charge on any atom is -0.348 e. The van der Waals surface area contributed by atoms with E-state index in [4.69, 9.17) is 0 Å². The number of hydrogen-bond donors (Lipinski definition) is 0. The van der Waals surface area contributed by atoms with Crippen LogP contribution in [0.4, 0.5) is 0 Å². The highest BCUT2D eigenvalue weighted by Crippen LogP contribution is 2.51. The van der Waals surface area contributed by atoms with E-state index < -0.39 is 5.41 Å². The molecular weight excluding hydrogens is 390 g/mol. The summed E-state index contributed by atoms with van der Waals surface area (Å²) in [6.45, 7) is 2.53. The van der Waals surface area contributed by atoms with Crippen LogP contribution in [0.2, 0.25) is 0 Å². The van der Waals surface area contributed by atoms with Crippen molar-refractivity contribution < 1.29 is 14.4 Å². The first-order valence-corrected chi connectivity index (χ1v) is 10.7. The Kier molecular flexibility index (Phi) is 3.96. The van der Waals surface area contributed by atoms with Gasteiger partial charge in [-0.3, -0.25) is 14.4 Å². The van der Waals surface area contributed by atoms with Crippen LogP contribution in [0.1, 0.15) is 29.8 Å². The molecule has 3 fully saturated rings. The zero-order chi connectivity index (χ0) is 20.4. The van der Waals surface area contributed by atoms with E-state index in [1.807, 2.05) is 21.2 Å². The molecule has 2 aromatic heterocycles. The summed E-state index contributed by atoms with van der Waals surface area (Å²) in [5, 5.41) is 2.71. The molecule has 29 heavy (non-hydrogen) atoms. The number of carbonyl (C=O) groups excluding carboxylic acids is 3. The molecule has 9 heteroatoms. The fraction of sp³-hybridized carbons (Fsp3) is 0.550. The second kappa shape index (κ2) is 6.22. The van der Waals surface area contributed by atoms with Crippen molar-refractivity contribution in [1.29, 1.82) is 0 Å². The van der Waals surface area contributed by atoms with Gasteiger partial charge in [0.2, 0.25) is 11.8 Å². The van der Waals surface area contributed by atoms with Crippen LogP contribution in [0.25, 0.3) is 10.2 Å². The summed E-state index contributed by atoms with van der Waals surface area (Å²) in [4.78, 5) is 52.8. The average molecular weight is 414 g/mol. The molecule has 0 atom stereocenters. The van der Waals surface area contributed by atoms with E-state index in [0.717, 1.165) is 16.6 Å². The van der Waals surface area contributed by atoms with E-state index in [9.17, 15) is 14.4 Å². The van der Waals surface area contributed by atoms with Crippen molar-refractivity contribution >= 4 is 39.3 Å². The van der Waals surface area contributed by atoms with Crippen LogP contribution < -0.4 is 0 Å². The highest BCUT2D eigenvalue weighted by molar-refractivity contribution is 7.16. The number of nitrogens with zero attached hydrogens (tertiary/aromatic N) is 5. The summed E-state index contributed by atoms with van der Waals surface area (Å²) in [6, 6.07) is 1.89. The fourth-order valence-electron chi connectivity index (χ4n) is 4.76. The van der Waals surface area contributed by atoms with Crippen molar-refractivity contribution in [3.63, 3.8) is 0 Å². The Bertz CT molecular complexity index is 1020. The minimum atomic E-state index is -0.829. The van der Waals surface area contributed by atoms with Crippen LogP contribution >= 0.6 is 11.3 Å². The first kappa shape index (κ1) is 18.5. The van der Waals surface area contributed by atoms with Crippen LogP contribution in [-0.2, 0) is 9.59 Å². The van der Waals surface area contributed by atoms with Gasteiger partial charge in [-0.15, -0.1) is 11.3 Å². The predicted molar refractivity (Wildman–Crippen MR) is 107 cm³/mol. The van der Waals surface area contributed by atoms with Gasteiger partial charge in [0.05, 0.1) is 0 Å². The lowest BCUT2D eigenvalue weighted by atomic mass is 9.78. The summed E-state index contributed by atoms with van der Waals surface area (Å²) in [7, 11) is 3.40. The lowest BCUT2D eigenvalue weighted by Gasteiger charge is -2.49. The molecule has 0 bridgehead atoms. The number of fused-ring (bicyclic) bond motifs is 1. The quantitative estimate of drug-likeness (QED) is 0.707. The molecule has 1 aliphatic carbocycles. The zero-order valence-electron chi connectivity index (χ0n) is 16.6. The molecule has 0 aromatic carbocycles. The molecule has 4 heterocycles. The maximum absolute atomic E-state index is 13.0. The van der Waals surface area contributed by atoms with E-state index in [0.29, 0.717) is 44.7 Å². The molecule has 3 amide bonds. The Labute approximate surface area is 172 Å². The van der Waals surface area contributed by atoms with Gasteiger partial charge in [-0.25, -0.2) is 9.97 Å². The highest BCUT2D eigenvalue weighted by Gasteiger charge is 2.62. The summed E-state index contributed by atoms with van der Waals surface area (Å²) in [5.74, 6) is -0.198. The molecule has 0 N–H and O–H groups in total. The molecule has 2 aromatic rings. The van der Waals surface area contributed by atoms with Crippen LogP contribution in [0.5, 0.6) is 0 Å². The van der Waals surface area contributed by atoms with Gasteiger partial charge in [-0.2, -0.15) is 0 Å². The van der Waals surface area contributed by atoms with Crippen molar-refractivity contribution in [2.24, 2.45) is 10.8 Å². The summed E-state index contributed by atoms with van der Waals surface area (Å²) in [5.41, 5.74) is -0.428. The van der Waals surface area contributed by atoms with Crippen molar-refractivity contribution in [3.8, 4) is 0 Å². The predicted octanol–water partition coefficient (Wildman–Crippen LogP) is 1.23. The molecule has 5 rings (SSSR count). The normalized spacial score (nSPS) is 21.3. The average Bonchev–Trinajstić information content (AvgIpc) is 3.13. The molecule has 1 saturated carbocycles. The van der Waals surface area contributed by atoms with Crippen LogP contribution in [0, 0.1) is 10.8 Å². The molecule has 1 spiro atoms. The highest BCUT2D eigenvalue weighted by atomic mass is 32.1. The minimum absolute atomic E-state index is 0.0395. The molecule has 2 saturated heterocycles. The first-order chi connectivity index (χ1) is 13.9. The van der Waals surface area contributed by atoms with Crippen molar-refractivity contribution in [3.05, 3.63) is 23.5 Å². The van der Waals surface area contributed by atoms with Gasteiger partial charge in [0.1, 0.15) is 22.3 Å². The van der Waals surface area contributed by atoms with Gasteiger partial charge in [0.25, 0.3) is 5.91 Å². The van der Waals surface area contributed by atoms with Crippen LogP contribution in [0.15, 0.2) is 17.8 Å². The van der Waals surface area contributed by atoms with Gasteiger partial charge < -0.3 is 14.7 Å². The Morgan fingerprint density at radius 3 is 2.48 bits per heavy atom.